The van der Waals surface area contributed by atoms with Gasteiger partial charge in [-0.15, -0.1) is 0 Å². The average molecular weight is 325 g/mol. The second kappa shape index (κ2) is 5.15. The average Bonchev–Trinajstić information content (AvgIpc) is 3.00. The third kappa shape index (κ3) is 1.92. The number of nitrogens with zero attached hydrogens (tertiary/aromatic N) is 1. The Morgan fingerprint density at radius 3 is 2.32 bits per heavy atom. The molecule has 3 heteroatoms. The zero-order chi connectivity index (χ0) is 17.0. The van der Waals surface area contributed by atoms with E-state index in [1.54, 1.807) is 4.57 Å². The fourth-order valence-electron chi connectivity index (χ4n) is 3.93. The number of Topliss-reactive ketones (excluding diaryl/α,β-unsaturated/α-hetero) is 1. The van der Waals surface area contributed by atoms with Crippen LogP contribution in [0.2, 0.25) is 0 Å². The predicted molar refractivity (Wildman–Crippen MR) is 98.0 cm³/mol. The van der Waals surface area contributed by atoms with Crippen molar-refractivity contribution in [3.8, 4) is 0 Å². The van der Waals surface area contributed by atoms with Crippen molar-refractivity contribution in [2.45, 2.75) is 6.42 Å². The van der Waals surface area contributed by atoms with Crippen molar-refractivity contribution in [2.24, 2.45) is 5.92 Å². The number of benzene rings is 3. The van der Waals surface area contributed by atoms with Gasteiger partial charge in [0, 0.05) is 16.3 Å². The summed E-state index contributed by atoms with van der Waals surface area (Å²) in [5.74, 6) is -0.871. The third-order valence-corrected chi connectivity index (χ3v) is 5.08. The van der Waals surface area contributed by atoms with E-state index in [0.717, 1.165) is 27.4 Å². The first-order valence-electron chi connectivity index (χ1n) is 8.40. The van der Waals surface area contributed by atoms with E-state index in [9.17, 15) is 9.59 Å². The Bertz CT molecular complexity index is 1150. The molecule has 0 saturated heterocycles. The first-order valence-corrected chi connectivity index (χ1v) is 8.40. The normalized spacial score (nSPS) is 16.7. The maximum absolute atomic E-state index is 13.2. The molecular weight excluding hydrogens is 310 g/mol. The quantitative estimate of drug-likeness (QED) is 0.509. The van der Waals surface area contributed by atoms with Crippen molar-refractivity contribution in [1.82, 2.24) is 4.57 Å². The molecular formula is C22H15NO2. The molecule has 0 aliphatic carbocycles. The van der Waals surface area contributed by atoms with Crippen molar-refractivity contribution in [1.29, 1.82) is 0 Å². The Morgan fingerprint density at radius 1 is 0.760 bits per heavy atom. The molecule has 2 heterocycles. The van der Waals surface area contributed by atoms with Crippen molar-refractivity contribution in [3.63, 3.8) is 0 Å². The molecule has 0 fully saturated rings. The summed E-state index contributed by atoms with van der Waals surface area (Å²) in [6.07, 6.45) is 0.431. The van der Waals surface area contributed by atoms with E-state index in [1.807, 2.05) is 72.8 Å². The van der Waals surface area contributed by atoms with Gasteiger partial charge >= 0.3 is 0 Å². The van der Waals surface area contributed by atoms with Gasteiger partial charge in [-0.1, -0.05) is 60.7 Å². The smallest absolute Gasteiger partial charge is 0.242 e. The molecule has 1 aliphatic heterocycles. The minimum atomic E-state index is -0.670. The monoisotopic (exact) mass is 325 g/mol. The molecule has 0 N–H and O–H groups in total. The van der Waals surface area contributed by atoms with Crippen LogP contribution in [0, 0.1) is 5.92 Å². The lowest BCUT2D eigenvalue weighted by molar-refractivity contribution is 0.0748. The second-order valence-electron chi connectivity index (χ2n) is 6.50. The van der Waals surface area contributed by atoms with Gasteiger partial charge in [0.2, 0.25) is 5.91 Å². The molecule has 0 bridgehead atoms. The first-order chi connectivity index (χ1) is 12.3. The fraction of sp³-hybridized carbons (Fsp3) is 0.0909. The Hall–Kier alpha value is -3.20. The highest BCUT2D eigenvalue weighted by Crippen LogP contribution is 2.36. The molecule has 1 unspecified atom stereocenters. The standard InChI is InChI=1S/C22H15NO2/c24-21-17-11-6-10-16-15-9-4-5-12-19(15)23(20(16)17)22(25)18(21)13-14-7-2-1-3-8-14/h1-12,18H,13H2. The summed E-state index contributed by atoms with van der Waals surface area (Å²) in [5, 5.41) is 1.98. The van der Waals surface area contributed by atoms with Gasteiger partial charge in [0.1, 0.15) is 5.92 Å². The molecule has 1 aliphatic rings. The molecule has 0 amide bonds. The zero-order valence-corrected chi connectivity index (χ0v) is 13.5. The van der Waals surface area contributed by atoms with Gasteiger partial charge in [0.15, 0.2) is 5.78 Å². The minimum Gasteiger partial charge on any atom is -0.293 e. The maximum Gasteiger partial charge on any atom is 0.242 e. The molecule has 0 radical (unpaired) electrons. The highest BCUT2D eigenvalue weighted by atomic mass is 16.2. The van der Waals surface area contributed by atoms with E-state index in [-0.39, 0.29) is 11.7 Å². The lowest BCUT2D eigenvalue weighted by Gasteiger charge is -2.22. The molecule has 0 saturated carbocycles. The number of carbonyl (C=O) groups is 2. The summed E-state index contributed by atoms with van der Waals surface area (Å²) in [5.41, 5.74) is 3.28. The van der Waals surface area contributed by atoms with Crippen LogP contribution in [0.4, 0.5) is 0 Å². The number of carbonyl (C=O) groups excluding carboxylic acids is 2. The van der Waals surface area contributed by atoms with Crippen LogP contribution in [0.1, 0.15) is 20.7 Å². The molecule has 3 nitrogen and oxygen atoms in total. The number of para-hydroxylation sites is 2. The first kappa shape index (κ1) is 14.2. The number of hydrogen-bond donors (Lipinski definition) is 0. The van der Waals surface area contributed by atoms with Crippen LogP contribution in [0.3, 0.4) is 0 Å². The fourth-order valence-corrected chi connectivity index (χ4v) is 3.93. The minimum absolute atomic E-state index is 0.0743. The molecule has 1 aromatic heterocycles. The lowest BCUT2D eigenvalue weighted by Crippen LogP contribution is -2.35. The van der Waals surface area contributed by atoms with Gasteiger partial charge in [-0.2, -0.15) is 0 Å². The summed E-state index contributed by atoms with van der Waals surface area (Å²) in [7, 11) is 0. The van der Waals surface area contributed by atoms with E-state index < -0.39 is 5.92 Å². The van der Waals surface area contributed by atoms with Crippen LogP contribution in [0.5, 0.6) is 0 Å². The summed E-state index contributed by atoms with van der Waals surface area (Å²) in [4.78, 5) is 26.3. The largest absolute Gasteiger partial charge is 0.293 e. The molecule has 3 aromatic carbocycles. The van der Waals surface area contributed by atoms with Crippen molar-refractivity contribution < 1.29 is 9.59 Å². The van der Waals surface area contributed by atoms with Gasteiger partial charge in [-0.05, 0) is 24.1 Å². The Labute approximate surface area is 144 Å². The van der Waals surface area contributed by atoms with Crippen LogP contribution in [-0.2, 0) is 6.42 Å². The molecule has 4 aromatic rings. The Kier molecular flexibility index (Phi) is 2.92. The summed E-state index contributed by atoms with van der Waals surface area (Å²) < 4.78 is 1.75. The predicted octanol–water partition coefficient (Wildman–Crippen LogP) is 4.49. The molecule has 25 heavy (non-hydrogen) atoms. The Morgan fingerprint density at radius 2 is 1.48 bits per heavy atom. The third-order valence-electron chi connectivity index (χ3n) is 5.08. The lowest BCUT2D eigenvalue weighted by atomic mass is 9.87. The SMILES string of the molecule is O=C1c2cccc3c4ccccc4n(c23)C(=O)C1Cc1ccccc1. The summed E-state index contributed by atoms with van der Waals surface area (Å²) in [6.45, 7) is 0. The van der Waals surface area contributed by atoms with Crippen LogP contribution in [0.15, 0.2) is 72.8 Å². The molecule has 1 atom stereocenters. The van der Waals surface area contributed by atoms with E-state index in [0.29, 0.717) is 12.0 Å². The van der Waals surface area contributed by atoms with Crippen LogP contribution in [0.25, 0.3) is 21.8 Å². The van der Waals surface area contributed by atoms with Gasteiger partial charge in [0.05, 0.1) is 11.0 Å². The van der Waals surface area contributed by atoms with Gasteiger partial charge < -0.3 is 0 Å². The number of hydrogen-bond acceptors (Lipinski definition) is 2. The number of rotatable bonds is 2. The van der Waals surface area contributed by atoms with Gasteiger partial charge in [-0.25, -0.2) is 0 Å². The molecule has 5 rings (SSSR count). The summed E-state index contributed by atoms with van der Waals surface area (Å²) in [6, 6.07) is 23.3. The van der Waals surface area contributed by atoms with E-state index in [4.69, 9.17) is 0 Å². The van der Waals surface area contributed by atoms with Crippen LogP contribution < -0.4 is 0 Å². The van der Waals surface area contributed by atoms with Crippen LogP contribution >= 0.6 is 0 Å². The van der Waals surface area contributed by atoms with Crippen molar-refractivity contribution >= 4 is 33.5 Å². The zero-order valence-electron chi connectivity index (χ0n) is 13.5. The number of aromatic nitrogens is 1. The summed E-state index contributed by atoms with van der Waals surface area (Å²) >= 11 is 0. The highest BCUT2D eigenvalue weighted by molar-refractivity contribution is 6.27. The van der Waals surface area contributed by atoms with E-state index in [1.165, 1.54) is 0 Å². The second-order valence-corrected chi connectivity index (χ2v) is 6.50. The number of ketones is 1. The number of fused-ring (bicyclic) bond motifs is 3. The van der Waals surface area contributed by atoms with Gasteiger partial charge in [0.25, 0.3) is 0 Å². The highest BCUT2D eigenvalue weighted by Gasteiger charge is 2.37. The topological polar surface area (TPSA) is 39.1 Å². The van der Waals surface area contributed by atoms with E-state index >= 15 is 0 Å². The molecule has 120 valence electrons. The molecule has 0 spiro atoms. The van der Waals surface area contributed by atoms with Crippen molar-refractivity contribution in [2.75, 3.05) is 0 Å². The Balaban J connectivity index is 1.77. The van der Waals surface area contributed by atoms with E-state index in [2.05, 4.69) is 0 Å². The maximum atomic E-state index is 13.2. The van der Waals surface area contributed by atoms with Gasteiger partial charge in [-0.3, -0.25) is 14.2 Å². The van der Waals surface area contributed by atoms with Crippen LogP contribution in [-0.4, -0.2) is 16.3 Å². The van der Waals surface area contributed by atoms with Crippen molar-refractivity contribution in [3.05, 3.63) is 83.9 Å².